The number of carbonyl (C=O) groups excluding carboxylic acids is 3. The molecule has 0 unspecified atom stereocenters. The minimum atomic E-state index is -0.806. The number of carbonyl (C=O) groups is 3. The van der Waals surface area contributed by atoms with E-state index in [0.717, 1.165) is 11.1 Å². The maximum Gasteiger partial charge on any atom is 0.309 e. The summed E-state index contributed by atoms with van der Waals surface area (Å²) < 4.78 is 5.74. The lowest BCUT2D eigenvalue weighted by molar-refractivity contribution is -0.142. The van der Waals surface area contributed by atoms with E-state index in [1.54, 1.807) is 4.90 Å². The van der Waals surface area contributed by atoms with Crippen LogP contribution in [-0.4, -0.2) is 55.4 Å². The molecule has 0 radical (unpaired) electrons. The second kappa shape index (κ2) is 10.4. The Labute approximate surface area is 170 Å². The van der Waals surface area contributed by atoms with Crippen LogP contribution in [0.5, 0.6) is 0 Å². The molecular weight excluding hydrogens is 370 g/mol. The van der Waals surface area contributed by atoms with Crippen LogP contribution in [0.25, 0.3) is 0 Å². The summed E-state index contributed by atoms with van der Waals surface area (Å²) >= 11 is 0. The van der Waals surface area contributed by atoms with Gasteiger partial charge in [-0.05, 0) is 17.5 Å². The average molecular weight is 395 g/mol. The normalized spacial score (nSPS) is 16.1. The number of rotatable bonds is 6. The highest BCUT2D eigenvalue weighted by molar-refractivity contribution is 6.35. The Hall–Kier alpha value is -3.19. The molecule has 7 nitrogen and oxygen atoms in total. The van der Waals surface area contributed by atoms with E-state index in [0.29, 0.717) is 32.7 Å². The summed E-state index contributed by atoms with van der Waals surface area (Å²) in [5.74, 6) is -1.78. The summed E-state index contributed by atoms with van der Waals surface area (Å²) in [6, 6.07) is 19.4. The van der Waals surface area contributed by atoms with E-state index < -0.39 is 11.8 Å². The molecule has 2 aromatic rings. The fraction of sp³-hybridized carbons (Fsp3) is 0.318. The summed E-state index contributed by atoms with van der Waals surface area (Å²) in [6.45, 7) is 1.45. The number of hydrogen-bond donors (Lipinski definition) is 2. The largest absolute Gasteiger partial charge is 0.370 e. The second-order valence-corrected chi connectivity index (χ2v) is 6.78. The monoisotopic (exact) mass is 395 g/mol. The van der Waals surface area contributed by atoms with Gasteiger partial charge in [-0.3, -0.25) is 14.4 Å². The van der Waals surface area contributed by atoms with Gasteiger partial charge in [0.1, 0.15) is 6.10 Å². The average Bonchev–Trinajstić information content (AvgIpc) is 2.78. The third-order valence-corrected chi connectivity index (χ3v) is 4.74. The highest BCUT2D eigenvalue weighted by Crippen LogP contribution is 2.21. The Kier molecular flexibility index (Phi) is 7.35. The van der Waals surface area contributed by atoms with E-state index in [4.69, 9.17) is 4.74 Å². The predicted molar refractivity (Wildman–Crippen MR) is 108 cm³/mol. The van der Waals surface area contributed by atoms with Crippen molar-refractivity contribution in [3.05, 3.63) is 71.8 Å². The van der Waals surface area contributed by atoms with Crippen LogP contribution in [0.15, 0.2) is 60.7 Å². The van der Waals surface area contributed by atoms with Crippen molar-refractivity contribution >= 4 is 17.7 Å². The third kappa shape index (κ3) is 6.15. The van der Waals surface area contributed by atoms with Gasteiger partial charge in [0.15, 0.2) is 0 Å². The van der Waals surface area contributed by atoms with E-state index in [1.165, 1.54) is 0 Å². The number of ether oxygens (including phenoxy) is 1. The van der Waals surface area contributed by atoms with Crippen molar-refractivity contribution < 1.29 is 19.1 Å². The number of amides is 3. The van der Waals surface area contributed by atoms with Gasteiger partial charge in [0.2, 0.25) is 5.91 Å². The molecule has 1 fully saturated rings. The van der Waals surface area contributed by atoms with Crippen LogP contribution in [0.1, 0.15) is 17.2 Å². The van der Waals surface area contributed by atoms with E-state index >= 15 is 0 Å². The molecule has 1 heterocycles. The standard InChI is InChI=1S/C22H25N3O4/c26-20(25-13-14-29-19(16-25)18-9-5-2-6-10-18)15-24-22(28)21(27)23-12-11-17-7-3-1-4-8-17/h1-10,19H,11-16H2,(H,23,27)(H,24,28)/t19-/m1/s1. The second-order valence-electron chi connectivity index (χ2n) is 6.78. The molecule has 0 spiro atoms. The van der Waals surface area contributed by atoms with Gasteiger partial charge in [0, 0.05) is 13.1 Å². The Bertz CT molecular complexity index is 826. The predicted octanol–water partition coefficient (Wildman–Crippen LogP) is 1.06. The maximum atomic E-state index is 12.4. The molecule has 0 saturated carbocycles. The summed E-state index contributed by atoms with van der Waals surface area (Å²) in [4.78, 5) is 37.9. The SMILES string of the molecule is O=C(NCCc1ccccc1)C(=O)NCC(=O)N1CCO[C@@H](c2ccccc2)C1. The molecule has 3 amide bonds. The maximum absolute atomic E-state index is 12.4. The molecule has 3 rings (SSSR count). The van der Waals surface area contributed by atoms with E-state index in [-0.39, 0.29) is 18.6 Å². The van der Waals surface area contributed by atoms with Crippen molar-refractivity contribution in [3.8, 4) is 0 Å². The topological polar surface area (TPSA) is 87.7 Å². The van der Waals surface area contributed by atoms with Gasteiger partial charge in [-0.15, -0.1) is 0 Å². The van der Waals surface area contributed by atoms with E-state index in [1.807, 2.05) is 60.7 Å². The fourth-order valence-corrected chi connectivity index (χ4v) is 3.14. The van der Waals surface area contributed by atoms with Crippen LogP contribution in [-0.2, 0) is 25.5 Å². The van der Waals surface area contributed by atoms with Crippen LogP contribution >= 0.6 is 0 Å². The fourth-order valence-electron chi connectivity index (χ4n) is 3.14. The first-order valence-corrected chi connectivity index (χ1v) is 9.68. The van der Waals surface area contributed by atoms with Crippen molar-refractivity contribution in [2.75, 3.05) is 32.8 Å². The quantitative estimate of drug-likeness (QED) is 0.716. The minimum absolute atomic E-state index is 0.189. The van der Waals surface area contributed by atoms with Gasteiger partial charge >= 0.3 is 11.8 Å². The molecule has 7 heteroatoms. The van der Waals surface area contributed by atoms with Gasteiger partial charge in [0.05, 0.1) is 19.7 Å². The van der Waals surface area contributed by atoms with Gasteiger partial charge in [-0.2, -0.15) is 0 Å². The van der Waals surface area contributed by atoms with Crippen LogP contribution in [0.2, 0.25) is 0 Å². The van der Waals surface area contributed by atoms with Crippen LogP contribution in [0.4, 0.5) is 0 Å². The van der Waals surface area contributed by atoms with Crippen LogP contribution in [0.3, 0.4) is 0 Å². The molecule has 0 aromatic heterocycles. The molecule has 0 aliphatic carbocycles. The summed E-state index contributed by atoms with van der Waals surface area (Å²) in [7, 11) is 0. The van der Waals surface area contributed by atoms with Gasteiger partial charge in [0.25, 0.3) is 0 Å². The van der Waals surface area contributed by atoms with E-state index in [9.17, 15) is 14.4 Å². The molecule has 1 aliphatic heterocycles. The lowest BCUT2D eigenvalue weighted by Gasteiger charge is -2.33. The first-order valence-electron chi connectivity index (χ1n) is 9.68. The summed E-state index contributed by atoms with van der Waals surface area (Å²) in [6.07, 6.45) is 0.443. The van der Waals surface area contributed by atoms with Crippen molar-refractivity contribution in [1.82, 2.24) is 15.5 Å². The number of nitrogens with one attached hydrogen (secondary N) is 2. The number of hydrogen-bond acceptors (Lipinski definition) is 4. The summed E-state index contributed by atoms with van der Waals surface area (Å²) in [5.41, 5.74) is 2.08. The highest BCUT2D eigenvalue weighted by atomic mass is 16.5. The third-order valence-electron chi connectivity index (χ3n) is 4.74. The lowest BCUT2D eigenvalue weighted by Crippen LogP contribution is -2.48. The zero-order valence-corrected chi connectivity index (χ0v) is 16.2. The lowest BCUT2D eigenvalue weighted by atomic mass is 10.1. The first-order chi connectivity index (χ1) is 14.1. The molecular formula is C22H25N3O4. The molecule has 152 valence electrons. The minimum Gasteiger partial charge on any atom is -0.370 e. The zero-order chi connectivity index (χ0) is 20.5. The summed E-state index contributed by atoms with van der Waals surface area (Å²) in [5, 5.41) is 4.97. The zero-order valence-electron chi connectivity index (χ0n) is 16.2. The molecule has 2 N–H and O–H groups in total. The number of nitrogens with zero attached hydrogens (tertiary/aromatic N) is 1. The molecule has 1 aliphatic rings. The highest BCUT2D eigenvalue weighted by Gasteiger charge is 2.25. The molecule has 29 heavy (non-hydrogen) atoms. The van der Waals surface area contributed by atoms with Crippen LogP contribution in [0, 0.1) is 0 Å². The first kappa shape index (κ1) is 20.5. The van der Waals surface area contributed by atoms with Crippen LogP contribution < -0.4 is 10.6 Å². The molecule has 1 saturated heterocycles. The molecule has 1 atom stereocenters. The Morgan fingerprint density at radius 2 is 1.59 bits per heavy atom. The van der Waals surface area contributed by atoms with Crippen molar-refractivity contribution in [3.63, 3.8) is 0 Å². The van der Waals surface area contributed by atoms with Crippen molar-refractivity contribution in [1.29, 1.82) is 0 Å². The van der Waals surface area contributed by atoms with Gasteiger partial charge < -0.3 is 20.3 Å². The molecule has 0 bridgehead atoms. The Morgan fingerprint density at radius 3 is 2.31 bits per heavy atom. The Balaban J connectivity index is 1.40. The smallest absolute Gasteiger partial charge is 0.309 e. The number of benzene rings is 2. The van der Waals surface area contributed by atoms with Gasteiger partial charge in [-0.25, -0.2) is 0 Å². The van der Waals surface area contributed by atoms with Crippen molar-refractivity contribution in [2.24, 2.45) is 0 Å². The number of morpholine rings is 1. The van der Waals surface area contributed by atoms with E-state index in [2.05, 4.69) is 10.6 Å². The van der Waals surface area contributed by atoms with Crippen molar-refractivity contribution in [2.45, 2.75) is 12.5 Å². The van der Waals surface area contributed by atoms with Gasteiger partial charge in [-0.1, -0.05) is 60.7 Å². The molecule has 2 aromatic carbocycles. The Morgan fingerprint density at radius 1 is 0.931 bits per heavy atom.